The minimum Gasteiger partial charge on any atom is -0.367 e. The molecule has 1 aliphatic heterocycles. The summed E-state index contributed by atoms with van der Waals surface area (Å²) in [5.74, 6) is 0. The molecule has 1 aromatic rings. The number of pyridine rings is 1. The zero-order valence-electron chi connectivity index (χ0n) is 11.7. The largest absolute Gasteiger partial charge is 0.367 e. The lowest BCUT2D eigenvalue weighted by Gasteiger charge is -2.38. The van der Waals surface area contributed by atoms with E-state index in [2.05, 4.69) is 40.0 Å². The Balaban J connectivity index is 2.05. The van der Waals surface area contributed by atoms with E-state index in [1.54, 1.807) is 0 Å². The molecule has 0 saturated carbocycles. The maximum atomic E-state index is 4.27. The van der Waals surface area contributed by atoms with Crippen molar-refractivity contribution in [3.8, 4) is 0 Å². The molecular weight excluding hydrogens is 224 g/mol. The van der Waals surface area contributed by atoms with Gasteiger partial charge in [0.05, 0.1) is 11.9 Å². The standard InChI is InChI=1S/C14H24N4/c1-12(2)17-6-8-18(9-7-17)14-11-16-5-4-13(14)10-15-3/h4-5,11-12,15H,6-10H2,1-3H3. The fourth-order valence-electron chi connectivity index (χ4n) is 2.52. The normalized spacial score (nSPS) is 17.4. The maximum Gasteiger partial charge on any atom is 0.0599 e. The van der Waals surface area contributed by atoms with Gasteiger partial charge in [-0.1, -0.05) is 0 Å². The molecule has 18 heavy (non-hydrogen) atoms. The number of hydrogen-bond donors (Lipinski definition) is 1. The van der Waals surface area contributed by atoms with Crippen LogP contribution in [-0.4, -0.2) is 49.2 Å². The van der Waals surface area contributed by atoms with Gasteiger partial charge in [0, 0.05) is 45.0 Å². The van der Waals surface area contributed by atoms with Crippen molar-refractivity contribution in [2.24, 2.45) is 0 Å². The van der Waals surface area contributed by atoms with E-state index in [9.17, 15) is 0 Å². The zero-order chi connectivity index (χ0) is 13.0. The lowest BCUT2D eigenvalue weighted by Crippen LogP contribution is -2.49. The highest BCUT2D eigenvalue weighted by atomic mass is 15.3. The summed E-state index contributed by atoms with van der Waals surface area (Å²) in [6.45, 7) is 9.93. The average Bonchev–Trinajstić information content (AvgIpc) is 2.40. The van der Waals surface area contributed by atoms with E-state index < -0.39 is 0 Å². The van der Waals surface area contributed by atoms with Gasteiger partial charge in [0.25, 0.3) is 0 Å². The van der Waals surface area contributed by atoms with E-state index in [1.165, 1.54) is 11.3 Å². The van der Waals surface area contributed by atoms with Gasteiger partial charge in [-0.2, -0.15) is 0 Å². The van der Waals surface area contributed by atoms with Gasteiger partial charge in [0.15, 0.2) is 0 Å². The average molecular weight is 248 g/mol. The van der Waals surface area contributed by atoms with E-state index in [1.807, 2.05) is 19.4 Å². The van der Waals surface area contributed by atoms with Crippen LogP contribution in [0.4, 0.5) is 5.69 Å². The number of aromatic nitrogens is 1. The number of hydrogen-bond acceptors (Lipinski definition) is 4. The van der Waals surface area contributed by atoms with Crippen molar-refractivity contribution in [1.82, 2.24) is 15.2 Å². The summed E-state index contributed by atoms with van der Waals surface area (Å²) in [5, 5.41) is 3.23. The van der Waals surface area contributed by atoms with Crippen LogP contribution in [0.25, 0.3) is 0 Å². The van der Waals surface area contributed by atoms with Crippen molar-refractivity contribution >= 4 is 5.69 Å². The van der Waals surface area contributed by atoms with E-state index in [4.69, 9.17) is 0 Å². The molecule has 2 heterocycles. The molecule has 0 atom stereocenters. The van der Waals surface area contributed by atoms with Crippen LogP contribution in [-0.2, 0) is 6.54 Å². The van der Waals surface area contributed by atoms with Gasteiger partial charge in [0.2, 0.25) is 0 Å². The van der Waals surface area contributed by atoms with Crippen molar-refractivity contribution in [2.75, 3.05) is 38.1 Å². The molecule has 0 aromatic carbocycles. The third-order valence-electron chi connectivity index (χ3n) is 3.64. The van der Waals surface area contributed by atoms with Crippen LogP contribution in [0, 0.1) is 0 Å². The molecule has 2 rings (SSSR count). The van der Waals surface area contributed by atoms with Crippen LogP contribution < -0.4 is 10.2 Å². The highest BCUT2D eigenvalue weighted by Crippen LogP contribution is 2.21. The Labute approximate surface area is 110 Å². The fourth-order valence-corrected chi connectivity index (χ4v) is 2.52. The quantitative estimate of drug-likeness (QED) is 0.871. The third-order valence-corrected chi connectivity index (χ3v) is 3.64. The molecule has 0 bridgehead atoms. The second-order valence-corrected chi connectivity index (χ2v) is 5.15. The fraction of sp³-hybridized carbons (Fsp3) is 0.643. The Morgan fingerprint density at radius 2 is 2.00 bits per heavy atom. The number of anilines is 1. The summed E-state index contributed by atoms with van der Waals surface area (Å²) >= 11 is 0. The third kappa shape index (κ3) is 3.00. The first kappa shape index (κ1) is 13.3. The van der Waals surface area contributed by atoms with Gasteiger partial charge in [0.1, 0.15) is 0 Å². The van der Waals surface area contributed by atoms with Crippen LogP contribution in [0.3, 0.4) is 0 Å². The van der Waals surface area contributed by atoms with Crippen LogP contribution in [0.2, 0.25) is 0 Å². The van der Waals surface area contributed by atoms with E-state index in [-0.39, 0.29) is 0 Å². The molecule has 4 nitrogen and oxygen atoms in total. The van der Waals surface area contributed by atoms with E-state index >= 15 is 0 Å². The highest BCUT2D eigenvalue weighted by molar-refractivity contribution is 5.52. The van der Waals surface area contributed by atoms with Crippen LogP contribution >= 0.6 is 0 Å². The maximum absolute atomic E-state index is 4.27. The summed E-state index contributed by atoms with van der Waals surface area (Å²) in [6.07, 6.45) is 3.87. The predicted molar refractivity (Wildman–Crippen MR) is 75.9 cm³/mol. The molecule has 1 aromatic heterocycles. The minimum atomic E-state index is 0.651. The van der Waals surface area contributed by atoms with E-state index in [0.29, 0.717) is 6.04 Å². The van der Waals surface area contributed by atoms with Crippen molar-refractivity contribution in [1.29, 1.82) is 0 Å². The number of piperazine rings is 1. The number of nitrogens with zero attached hydrogens (tertiary/aromatic N) is 3. The lowest BCUT2D eigenvalue weighted by molar-refractivity contribution is 0.209. The second-order valence-electron chi connectivity index (χ2n) is 5.15. The summed E-state index contributed by atoms with van der Waals surface area (Å²) in [7, 11) is 1.99. The SMILES string of the molecule is CNCc1ccncc1N1CCN(C(C)C)CC1. The van der Waals surface area contributed by atoms with Crippen LogP contribution in [0.5, 0.6) is 0 Å². The van der Waals surface area contributed by atoms with Crippen molar-refractivity contribution in [3.05, 3.63) is 24.0 Å². The Morgan fingerprint density at radius 1 is 1.28 bits per heavy atom. The zero-order valence-corrected chi connectivity index (χ0v) is 11.7. The molecule has 4 heteroatoms. The summed E-state index contributed by atoms with van der Waals surface area (Å²) in [5.41, 5.74) is 2.63. The topological polar surface area (TPSA) is 31.4 Å². The van der Waals surface area contributed by atoms with Gasteiger partial charge < -0.3 is 10.2 Å². The Hall–Kier alpha value is -1.13. The first-order valence-electron chi connectivity index (χ1n) is 6.79. The Kier molecular flexibility index (Phi) is 4.55. The van der Waals surface area contributed by atoms with Crippen molar-refractivity contribution in [2.45, 2.75) is 26.4 Å². The van der Waals surface area contributed by atoms with Gasteiger partial charge >= 0.3 is 0 Å². The molecule has 0 radical (unpaired) electrons. The Morgan fingerprint density at radius 3 is 2.61 bits per heavy atom. The Bertz CT molecular complexity index is 370. The van der Waals surface area contributed by atoms with E-state index in [0.717, 1.165) is 32.7 Å². The van der Waals surface area contributed by atoms with Gasteiger partial charge in [-0.25, -0.2) is 0 Å². The molecule has 100 valence electrons. The second kappa shape index (κ2) is 6.16. The van der Waals surface area contributed by atoms with Gasteiger partial charge in [-0.15, -0.1) is 0 Å². The molecule has 1 fully saturated rings. The molecule has 0 amide bonds. The number of rotatable bonds is 4. The molecule has 0 aliphatic carbocycles. The first-order chi connectivity index (χ1) is 8.72. The lowest BCUT2D eigenvalue weighted by atomic mass is 10.1. The molecule has 1 N–H and O–H groups in total. The first-order valence-corrected chi connectivity index (χ1v) is 6.79. The summed E-state index contributed by atoms with van der Waals surface area (Å²) in [4.78, 5) is 9.26. The molecule has 1 saturated heterocycles. The van der Waals surface area contributed by atoms with Gasteiger partial charge in [-0.3, -0.25) is 9.88 Å². The minimum absolute atomic E-state index is 0.651. The van der Waals surface area contributed by atoms with Crippen molar-refractivity contribution in [3.63, 3.8) is 0 Å². The highest BCUT2D eigenvalue weighted by Gasteiger charge is 2.20. The summed E-state index contributed by atoms with van der Waals surface area (Å²) < 4.78 is 0. The van der Waals surface area contributed by atoms with Crippen LogP contribution in [0.1, 0.15) is 19.4 Å². The number of nitrogens with one attached hydrogen (secondary N) is 1. The van der Waals surface area contributed by atoms with Gasteiger partial charge in [-0.05, 0) is 32.5 Å². The molecule has 0 unspecified atom stereocenters. The van der Waals surface area contributed by atoms with Crippen molar-refractivity contribution < 1.29 is 0 Å². The molecular formula is C14H24N4. The molecule has 1 aliphatic rings. The summed E-state index contributed by atoms with van der Waals surface area (Å²) in [6, 6.07) is 2.76. The smallest absolute Gasteiger partial charge is 0.0599 e. The molecule has 0 spiro atoms. The monoisotopic (exact) mass is 248 g/mol. The van der Waals surface area contributed by atoms with Crippen LogP contribution in [0.15, 0.2) is 18.5 Å². The predicted octanol–water partition coefficient (Wildman–Crippen LogP) is 1.33.